The van der Waals surface area contributed by atoms with E-state index in [0.29, 0.717) is 0 Å². The maximum absolute atomic E-state index is 2.54. The van der Waals surface area contributed by atoms with Gasteiger partial charge in [-0.3, -0.25) is 0 Å². The van der Waals surface area contributed by atoms with E-state index in [1.807, 2.05) is 0 Å². The minimum absolute atomic E-state index is 0.0790. The molecule has 0 aromatic heterocycles. The predicted octanol–water partition coefficient (Wildman–Crippen LogP) is 5.22. The van der Waals surface area contributed by atoms with Gasteiger partial charge in [-0.2, -0.15) is 0 Å². The largest absolute Gasteiger partial charge is 0.0767 e. The summed E-state index contributed by atoms with van der Waals surface area (Å²) in [6.45, 7) is 9.24. The maximum atomic E-state index is 2.54. The molecule has 1 atom stereocenters. The van der Waals surface area contributed by atoms with E-state index >= 15 is 0 Å². The van der Waals surface area contributed by atoms with E-state index in [9.17, 15) is 0 Å². The van der Waals surface area contributed by atoms with E-state index in [1.54, 1.807) is 5.57 Å². The summed E-state index contributed by atoms with van der Waals surface area (Å²) in [4.78, 5) is 0. The molecule has 0 N–H and O–H groups in total. The van der Waals surface area contributed by atoms with Gasteiger partial charge in [-0.1, -0.05) is 94.3 Å². The van der Waals surface area contributed by atoms with Crippen molar-refractivity contribution < 1.29 is 0 Å². The SMILES string of the molecule is CCCC1(C2=CC(C(C)(C)C)=CC2)C=CC2=c3ccccc3=CC2=C1. The van der Waals surface area contributed by atoms with Crippen LogP contribution in [0.4, 0.5) is 0 Å². The minimum atomic E-state index is 0.0790. The van der Waals surface area contributed by atoms with Crippen LogP contribution in [0.2, 0.25) is 0 Å². The van der Waals surface area contributed by atoms with Gasteiger partial charge in [0.25, 0.3) is 0 Å². The Morgan fingerprint density at radius 1 is 1.08 bits per heavy atom. The normalized spacial score (nSPS) is 24.3. The first-order valence-electron chi connectivity index (χ1n) is 9.58. The molecule has 0 heterocycles. The van der Waals surface area contributed by atoms with Crippen LogP contribution in [0.3, 0.4) is 0 Å². The second kappa shape index (κ2) is 5.73. The van der Waals surface area contributed by atoms with Crippen LogP contribution in [0.15, 0.2) is 71.4 Å². The Bertz CT molecular complexity index is 954. The molecule has 1 aromatic rings. The van der Waals surface area contributed by atoms with Gasteiger partial charge >= 0.3 is 0 Å². The standard InChI is InChI=1S/C25H28/c1-5-13-25(21-11-10-20(16-21)24(2,3)4)14-12-23-19(17-25)15-18-8-6-7-9-22(18)23/h6-10,12,14-17H,5,11,13H2,1-4H3. The van der Waals surface area contributed by atoms with E-state index in [2.05, 4.69) is 88.4 Å². The Morgan fingerprint density at radius 2 is 1.88 bits per heavy atom. The molecule has 1 aromatic carbocycles. The second-order valence-electron chi connectivity index (χ2n) is 8.65. The lowest BCUT2D eigenvalue weighted by molar-refractivity contribution is 0.506. The highest BCUT2D eigenvalue weighted by atomic mass is 14.4. The van der Waals surface area contributed by atoms with Crippen molar-refractivity contribution >= 4 is 11.6 Å². The fraction of sp³-hybridized carbons (Fsp3) is 0.360. The first-order valence-corrected chi connectivity index (χ1v) is 9.58. The molecule has 25 heavy (non-hydrogen) atoms. The van der Waals surface area contributed by atoms with Crippen LogP contribution in [-0.4, -0.2) is 0 Å². The fourth-order valence-corrected chi connectivity index (χ4v) is 4.43. The summed E-state index contributed by atoms with van der Waals surface area (Å²) in [6, 6.07) is 8.75. The number of benzene rings is 1. The molecule has 0 spiro atoms. The van der Waals surface area contributed by atoms with Crippen LogP contribution in [0, 0.1) is 10.8 Å². The van der Waals surface area contributed by atoms with Gasteiger partial charge in [0.1, 0.15) is 0 Å². The Morgan fingerprint density at radius 3 is 2.60 bits per heavy atom. The monoisotopic (exact) mass is 328 g/mol. The molecule has 0 saturated heterocycles. The lowest BCUT2D eigenvalue weighted by Crippen LogP contribution is -2.23. The smallest absolute Gasteiger partial charge is 0.0289 e. The van der Waals surface area contributed by atoms with Crippen molar-refractivity contribution in [3.8, 4) is 0 Å². The summed E-state index contributed by atoms with van der Waals surface area (Å²) in [6.07, 6.45) is 18.1. The fourth-order valence-electron chi connectivity index (χ4n) is 4.43. The number of hydrogen-bond donors (Lipinski definition) is 0. The van der Waals surface area contributed by atoms with Crippen LogP contribution in [0.1, 0.15) is 47.0 Å². The Kier molecular flexibility index (Phi) is 3.76. The van der Waals surface area contributed by atoms with Crippen LogP contribution in [0.25, 0.3) is 11.6 Å². The summed E-state index contributed by atoms with van der Waals surface area (Å²) in [5.74, 6) is 0. The van der Waals surface area contributed by atoms with Crippen molar-refractivity contribution in [1.82, 2.24) is 0 Å². The zero-order valence-corrected chi connectivity index (χ0v) is 15.9. The van der Waals surface area contributed by atoms with E-state index in [0.717, 1.165) is 6.42 Å². The molecule has 3 aliphatic rings. The molecule has 3 aliphatic carbocycles. The highest BCUT2D eigenvalue weighted by molar-refractivity contribution is 5.89. The predicted molar refractivity (Wildman–Crippen MR) is 108 cm³/mol. The topological polar surface area (TPSA) is 0 Å². The Balaban J connectivity index is 1.80. The molecule has 0 heteroatoms. The van der Waals surface area contributed by atoms with Gasteiger partial charge in [-0.05, 0) is 51.5 Å². The van der Waals surface area contributed by atoms with Crippen molar-refractivity contribution in [3.63, 3.8) is 0 Å². The number of fused-ring (bicyclic) bond motifs is 2. The van der Waals surface area contributed by atoms with Crippen molar-refractivity contribution in [2.45, 2.75) is 47.0 Å². The van der Waals surface area contributed by atoms with Crippen LogP contribution < -0.4 is 10.4 Å². The molecule has 4 rings (SSSR count). The third kappa shape index (κ3) is 2.68. The van der Waals surface area contributed by atoms with Gasteiger partial charge in [0.2, 0.25) is 0 Å². The molecule has 128 valence electrons. The summed E-state index contributed by atoms with van der Waals surface area (Å²) in [5, 5.41) is 2.73. The Labute approximate surface area is 151 Å². The van der Waals surface area contributed by atoms with Crippen molar-refractivity contribution in [3.05, 3.63) is 81.8 Å². The molecule has 0 bridgehead atoms. The molecule has 0 saturated carbocycles. The quantitative estimate of drug-likeness (QED) is 0.714. The summed E-state index contributed by atoms with van der Waals surface area (Å²) in [5.41, 5.74) is 6.15. The van der Waals surface area contributed by atoms with Crippen LogP contribution >= 0.6 is 0 Å². The molecular formula is C25H28. The number of rotatable bonds is 3. The molecule has 1 unspecified atom stereocenters. The molecule has 0 radical (unpaired) electrons. The highest BCUT2D eigenvalue weighted by Gasteiger charge is 2.34. The van der Waals surface area contributed by atoms with E-state index in [4.69, 9.17) is 0 Å². The highest BCUT2D eigenvalue weighted by Crippen LogP contribution is 2.47. The van der Waals surface area contributed by atoms with Crippen molar-refractivity contribution in [2.24, 2.45) is 10.8 Å². The first-order chi connectivity index (χ1) is 11.9. The average molecular weight is 328 g/mol. The summed E-state index contributed by atoms with van der Waals surface area (Å²) >= 11 is 0. The van der Waals surface area contributed by atoms with Gasteiger partial charge in [0.15, 0.2) is 0 Å². The molecule has 0 aliphatic heterocycles. The maximum Gasteiger partial charge on any atom is 0.0289 e. The zero-order chi connectivity index (χ0) is 17.7. The van der Waals surface area contributed by atoms with Crippen molar-refractivity contribution in [1.29, 1.82) is 0 Å². The second-order valence-corrected chi connectivity index (χ2v) is 8.65. The third-order valence-electron chi connectivity index (χ3n) is 5.83. The lowest BCUT2D eigenvalue weighted by Gasteiger charge is -2.33. The van der Waals surface area contributed by atoms with Crippen LogP contribution in [0.5, 0.6) is 0 Å². The zero-order valence-electron chi connectivity index (χ0n) is 15.9. The van der Waals surface area contributed by atoms with Gasteiger partial charge in [0.05, 0.1) is 0 Å². The van der Waals surface area contributed by atoms with Gasteiger partial charge in [-0.25, -0.2) is 0 Å². The van der Waals surface area contributed by atoms with Gasteiger partial charge < -0.3 is 0 Å². The van der Waals surface area contributed by atoms with Gasteiger partial charge in [0, 0.05) is 5.41 Å². The average Bonchev–Trinajstić information content (AvgIpc) is 3.19. The van der Waals surface area contributed by atoms with Crippen LogP contribution in [-0.2, 0) is 0 Å². The Hall–Kier alpha value is -2.08. The first kappa shape index (κ1) is 16.4. The molecule has 0 fully saturated rings. The molecule has 0 nitrogen and oxygen atoms in total. The molecule has 0 amide bonds. The van der Waals surface area contributed by atoms with Gasteiger partial charge in [-0.15, -0.1) is 0 Å². The minimum Gasteiger partial charge on any atom is -0.0767 e. The molecular weight excluding hydrogens is 300 g/mol. The third-order valence-corrected chi connectivity index (χ3v) is 5.83. The van der Waals surface area contributed by atoms with E-state index < -0.39 is 0 Å². The summed E-state index contributed by atoms with van der Waals surface area (Å²) < 4.78 is 0. The van der Waals surface area contributed by atoms with E-state index in [1.165, 1.54) is 40.0 Å². The number of allylic oxidation sites excluding steroid dienone is 8. The summed E-state index contributed by atoms with van der Waals surface area (Å²) in [7, 11) is 0. The number of hydrogen-bond acceptors (Lipinski definition) is 0. The lowest BCUT2D eigenvalue weighted by atomic mass is 9.71. The van der Waals surface area contributed by atoms with Crippen molar-refractivity contribution in [2.75, 3.05) is 0 Å². The van der Waals surface area contributed by atoms with E-state index in [-0.39, 0.29) is 10.8 Å².